The van der Waals surface area contributed by atoms with E-state index in [1.807, 2.05) is 37.3 Å². The Kier molecular flexibility index (Phi) is 4.72. The first-order valence-electron chi connectivity index (χ1n) is 6.76. The van der Waals surface area contributed by atoms with Gasteiger partial charge in [0, 0.05) is 24.7 Å². The summed E-state index contributed by atoms with van der Waals surface area (Å²) in [6.45, 7) is 2.34. The van der Waals surface area contributed by atoms with E-state index in [2.05, 4.69) is 10.6 Å². The molecule has 0 heterocycles. The van der Waals surface area contributed by atoms with Crippen molar-refractivity contribution in [2.24, 2.45) is 0 Å². The second-order valence-corrected chi connectivity index (χ2v) is 4.77. The Morgan fingerprint density at radius 3 is 2.24 bits per heavy atom. The van der Waals surface area contributed by atoms with Crippen molar-refractivity contribution < 1.29 is 9.59 Å². The van der Waals surface area contributed by atoms with Crippen LogP contribution in [0.4, 0.5) is 0 Å². The van der Waals surface area contributed by atoms with Crippen LogP contribution in [0.5, 0.6) is 0 Å². The van der Waals surface area contributed by atoms with E-state index >= 15 is 0 Å². The lowest BCUT2D eigenvalue weighted by molar-refractivity contribution is 0.0945. The Balaban J connectivity index is 1.99. The zero-order chi connectivity index (χ0) is 15.2. The lowest BCUT2D eigenvalue weighted by atomic mass is 10.1. The Morgan fingerprint density at radius 2 is 1.62 bits per heavy atom. The van der Waals surface area contributed by atoms with Crippen LogP contribution in [0.2, 0.25) is 0 Å². The molecule has 2 N–H and O–H groups in total. The highest BCUT2D eigenvalue weighted by atomic mass is 16.2. The molecular weight excluding hydrogens is 264 g/mol. The van der Waals surface area contributed by atoms with Crippen LogP contribution in [-0.4, -0.2) is 18.9 Å². The first-order valence-corrected chi connectivity index (χ1v) is 6.76. The molecule has 0 aliphatic carbocycles. The van der Waals surface area contributed by atoms with Crippen LogP contribution in [0.15, 0.2) is 48.5 Å². The van der Waals surface area contributed by atoms with Gasteiger partial charge in [-0.3, -0.25) is 9.59 Å². The smallest absolute Gasteiger partial charge is 0.251 e. The van der Waals surface area contributed by atoms with Gasteiger partial charge in [-0.15, -0.1) is 0 Å². The summed E-state index contributed by atoms with van der Waals surface area (Å²) in [5.74, 6) is -0.214. The molecule has 0 radical (unpaired) electrons. The molecule has 21 heavy (non-hydrogen) atoms. The van der Waals surface area contributed by atoms with Crippen molar-refractivity contribution in [3.63, 3.8) is 0 Å². The number of nitrogens with one attached hydrogen (secondary N) is 2. The number of carbonyl (C=O) groups is 2. The maximum absolute atomic E-state index is 12.1. The molecule has 2 amide bonds. The lowest BCUT2D eigenvalue weighted by Crippen LogP contribution is -2.23. The van der Waals surface area contributed by atoms with Gasteiger partial charge in [-0.1, -0.05) is 30.3 Å². The van der Waals surface area contributed by atoms with Gasteiger partial charge in [-0.2, -0.15) is 0 Å². The minimum absolute atomic E-state index is 0.0940. The van der Waals surface area contributed by atoms with Crippen molar-refractivity contribution in [2.75, 3.05) is 7.05 Å². The summed E-state index contributed by atoms with van der Waals surface area (Å²) in [6, 6.07) is 14.6. The van der Waals surface area contributed by atoms with E-state index < -0.39 is 0 Å². The van der Waals surface area contributed by atoms with Crippen molar-refractivity contribution in [2.45, 2.75) is 13.5 Å². The van der Waals surface area contributed by atoms with Crippen LogP contribution in [0, 0.1) is 6.92 Å². The van der Waals surface area contributed by atoms with Gasteiger partial charge < -0.3 is 10.6 Å². The van der Waals surface area contributed by atoms with Crippen LogP contribution in [0.25, 0.3) is 0 Å². The molecule has 0 aromatic heterocycles. The number of carbonyl (C=O) groups excluding carboxylic acids is 2. The minimum atomic E-state index is -0.120. The van der Waals surface area contributed by atoms with Gasteiger partial charge in [-0.05, 0) is 36.2 Å². The Bertz CT molecular complexity index is 648. The Morgan fingerprint density at radius 1 is 0.952 bits per heavy atom. The molecule has 2 rings (SSSR count). The number of hydrogen-bond donors (Lipinski definition) is 2. The van der Waals surface area contributed by atoms with Gasteiger partial charge in [0.25, 0.3) is 11.8 Å². The minimum Gasteiger partial charge on any atom is -0.355 e. The molecule has 0 bridgehead atoms. The average molecular weight is 282 g/mol. The van der Waals surface area contributed by atoms with Crippen molar-refractivity contribution in [1.82, 2.24) is 10.6 Å². The topological polar surface area (TPSA) is 58.2 Å². The molecule has 0 spiro atoms. The molecule has 4 nitrogen and oxygen atoms in total. The van der Waals surface area contributed by atoms with E-state index in [1.54, 1.807) is 25.2 Å². The SMILES string of the molecule is CNC(=O)c1ccc(CNC(=O)c2ccccc2C)cc1. The van der Waals surface area contributed by atoms with E-state index in [0.29, 0.717) is 17.7 Å². The quantitative estimate of drug-likeness (QED) is 0.904. The second-order valence-electron chi connectivity index (χ2n) is 4.77. The van der Waals surface area contributed by atoms with E-state index in [1.165, 1.54) is 0 Å². The van der Waals surface area contributed by atoms with Gasteiger partial charge in [-0.25, -0.2) is 0 Å². The molecule has 0 saturated carbocycles. The molecular formula is C17H18N2O2. The zero-order valence-corrected chi connectivity index (χ0v) is 12.1. The fourth-order valence-electron chi connectivity index (χ4n) is 2.02. The first-order chi connectivity index (χ1) is 10.1. The highest BCUT2D eigenvalue weighted by molar-refractivity contribution is 5.95. The Hall–Kier alpha value is -2.62. The van der Waals surface area contributed by atoms with Gasteiger partial charge in [0.15, 0.2) is 0 Å². The first kappa shape index (κ1) is 14.8. The summed E-state index contributed by atoms with van der Waals surface area (Å²) in [5, 5.41) is 5.45. The molecule has 4 heteroatoms. The number of rotatable bonds is 4. The van der Waals surface area contributed by atoms with Gasteiger partial charge in [0.1, 0.15) is 0 Å². The molecule has 0 saturated heterocycles. The molecule has 0 aliphatic heterocycles. The number of amides is 2. The predicted molar refractivity (Wildman–Crippen MR) is 82.2 cm³/mol. The third-order valence-corrected chi connectivity index (χ3v) is 3.29. The maximum atomic E-state index is 12.1. The summed E-state index contributed by atoms with van der Waals surface area (Å²) in [4.78, 5) is 23.5. The summed E-state index contributed by atoms with van der Waals surface area (Å²) in [7, 11) is 1.60. The zero-order valence-electron chi connectivity index (χ0n) is 12.1. The fourth-order valence-corrected chi connectivity index (χ4v) is 2.02. The monoisotopic (exact) mass is 282 g/mol. The highest BCUT2D eigenvalue weighted by Gasteiger charge is 2.08. The van der Waals surface area contributed by atoms with E-state index in [0.717, 1.165) is 11.1 Å². The van der Waals surface area contributed by atoms with E-state index in [9.17, 15) is 9.59 Å². The van der Waals surface area contributed by atoms with E-state index in [-0.39, 0.29) is 11.8 Å². The molecule has 0 unspecified atom stereocenters. The van der Waals surface area contributed by atoms with Gasteiger partial charge in [0.05, 0.1) is 0 Å². The predicted octanol–water partition coefficient (Wildman–Crippen LogP) is 2.28. The largest absolute Gasteiger partial charge is 0.355 e. The van der Waals surface area contributed by atoms with Gasteiger partial charge >= 0.3 is 0 Å². The maximum Gasteiger partial charge on any atom is 0.251 e. The van der Waals surface area contributed by atoms with Crippen LogP contribution < -0.4 is 10.6 Å². The molecule has 0 atom stereocenters. The van der Waals surface area contributed by atoms with E-state index in [4.69, 9.17) is 0 Å². The molecule has 0 aliphatic rings. The normalized spacial score (nSPS) is 10.0. The molecule has 2 aromatic carbocycles. The molecule has 108 valence electrons. The third kappa shape index (κ3) is 3.69. The summed E-state index contributed by atoms with van der Waals surface area (Å²) >= 11 is 0. The van der Waals surface area contributed by atoms with Crippen molar-refractivity contribution in [3.05, 3.63) is 70.8 Å². The fraction of sp³-hybridized carbons (Fsp3) is 0.176. The second kappa shape index (κ2) is 6.70. The van der Waals surface area contributed by atoms with Crippen molar-refractivity contribution in [3.8, 4) is 0 Å². The average Bonchev–Trinajstić information content (AvgIpc) is 2.52. The molecule has 0 fully saturated rings. The number of benzene rings is 2. The highest BCUT2D eigenvalue weighted by Crippen LogP contribution is 2.08. The van der Waals surface area contributed by atoms with Crippen molar-refractivity contribution in [1.29, 1.82) is 0 Å². The van der Waals surface area contributed by atoms with Crippen LogP contribution >= 0.6 is 0 Å². The summed E-state index contributed by atoms with van der Waals surface area (Å²) in [6.07, 6.45) is 0. The van der Waals surface area contributed by atoms with Gasteiger partial charge in [0.2, 0.25) is 0 Å². The summed E-state index contributed by atoms with van der Waals surface area (Å²) in [5.41, 5.74) is 3.18. The summed E-state index contributed by atoms with van der Waals surface area (Å²) < 4.78 is 0. The molecule has 2 aromatic rings. The Labute approximate surface area is 124 Å². The number of aryl methyl sites for hydroxylation is 1. The van der Waals surface area contributed by atoms with Crippen LogP contribution in [0.3, 0.4) is 0 Å². The standard InChI is InChI=1S/C17H18N2O2/c1-12-5-3-4-6-15(12)17(21)19-11-13-7-9-14(10-8-13)16(20)18-2/h3-10H,11H2,1-2H3,(H,18,20)(H,19,21). The van der Waals surface area contributed by atoms with Crippen molar-refractivity contribution >= 4 is 11.8 Å². The third-order valence-electron chi connectivity index (χ3n) is 3.29. The number of hydrogen-bond acceptors (Lipinski definition) is 2. The van der Waals surface area contributed by atoms with Crippen LogP contribution in [0.1, 0.15) is 31.8 Å². The van der Waals surface area contributed by atoms with Crippen LogP contribution in [-0.2, 0) is 6.54 Å². The lowest BCUT2D eigenvalue weighted by Gasteiger charge is -2.08.